The molecule has 3 heterocycles. The average Bonchev–Trinajstić information content (AvgIpc) is 3.21. The number of carbonyl (C=O) groups excluding carboxylic acids is 1. The van der Waals surface area contributed by atoms with E-state index in [1.807, 2.05) is 13.1 Å². The van der Waals surface area contributed by atoms with E-state index in [0.29, 0.717) is 5.82 Å². The van der Waals surface area contributed by atoms with Gasteiger partial charge in [0.2, 0.25) is 0 Å². The maximum Gasteiger partial charge on any atom is 0.292 e. The second-order valence-electron chi connectivity index (χ2n) is 7.42. The Balaban J connectivity index is 1.81. The molecule has 0 aliphatic heterocycles. The van der Waals surface area contributed by atoms with Crippen molar-refractivity contribution in [2.75, 3.05) is 5.32 Å². The number of nitrogens with one attached hydrogen (secondary N) is 1. The van der Waals surface area contributed by atoms with Crippen molar-refractivity contribution in [3.8, 4) is 0 Å². The molecule has 4 rings (SSSR count). The van der Waals surface area contributed by atoms with Gasteiger partial charge in [-0.15, -0.1) is 0 Å². The number of nitrogens with zero attached hydrogens (tertiary/aromatic N) is 3. The second kappa shape index (κ2) is 5.69. The summed E-state index contributed by atoms with van der Waals surface area (Å²) >= 11 is 0. The van der Waals surface area contributed by atoms with Gasteiger partial charge in [-0.25, -0.2) is 9.67 Å². The van der Waals surface area contributed by atoms with Gasteiger partial charge in [0, 0.05) is 12.4 Å². The normalized spacial score (nSPS) is 12.0. The number of pyridine rings is 1. The molecule has 0 aliphatic rings. The Labute approximate surface area is 150 Å². The van der Waals surface area contributed by atoms with E-state index >= 15 is 0 Å². The minimum atomic E-state index is -0.335. The Bertz CT molecular complexity index is 1120. The number of hydrogen-bond donors (Lipinski definition) is 1. The molecule has 1 aromatic carbocycles. The lowest BCUT2D eigenvalue weighted by Gasteiger charge is -2.19. The van der Waals surface area contributed by atoms with Crippen LogP contribution in [0.4, 0.5) is 5.82 Å². The van der Waals surface area contributed by atoms with Crippen molar-refractivity contribution in [3.05, 3.63) is 54.0 Å². The summed E-state index contributed by atoms with van der Waals surface area (Å²) in [6.45, 7) is 6.54. The predicted molar refractivity (Wildman–Crippen MR) is 101 cm³/mol. The zero-order chi connectivity index (χ0) is 18.5. The molecule has 0 radical (unpaired) electrons. The first-order chi connectivity index (χ1) is 12.3. The quantitative estimate of drug-likeness (QED) is 0.587. The molecule has 3 aromatic heterocycles. The minimum absolute atomic E-state index is 0.0550. The van der Waals surface area contributed by atoms with Gasteiger partial charge in [0.1, 0.15) is 0 Å². The topological polar surface area (TPSA) is 73.0 Å². The van der Waals surface area contributed by atoms with Gasteiger partial charge in [0.05, 0.1) is 17.2 Å². The Kier molecular flexibility index (Phi) is 3.57. The van der Waals surface area contributed by atoms with E-state index in [9.17, 15) is 4.79 Å². The number of aryl methyl sites for hydroxylation is 1. The SMILES string of the molecule is Cn1nc(NC(=O)c2ccco2)c2cc3ccc(C(C)(C)C)cc3nc21. The Morgan fingerprint density at radius 3 is 2.69 bits per heavy atom. The van der Waals surface area contributed by atoms with E-state index in [0.717, 1.165) is 21.9 Å². The Morgan fingerprint density at radius 2 is 2.00 bits per heavy atom. The zero-order valence-electron chi connectivity index (χ0n) is 15.2. The third-order valence-electron chi connectivity index (χ3n) is 4.45. The molecule has 0 saturated carbocycles. The van der Waals surface area contributed by atoms with E-state index in [1.165, 1.54) is 11.8 Å². The predicted octanol–water partition coefficient (Wildman–Crippen LogP) is 4.26. The van der Waals surface area contributed by atoms with E-state index in [2.05, 4.69) is 49.4 Å². The van der Waals surface area contributed by atoms with Gasteiger partial charge in [-0.1, -0.05) is 32.9 Å². The summed E-state index contributed by atoms with van der Waals surface area (Å²) < 4.78 is 6.82. The number of amides is 1. The number of anilines is 1. The Hall–Kier alpha value is -3.15. The number of furan rings is 1. The number of fused-ring (bicyclic) bond motifs is 2. The highest BCUT2D eigenvalue weighted by molar-refractivity contribution is 6.07. The molecule has 0 aliphatic carbocycles. The van der Waals surface area contributed by atoms with Crippen molar-refractivity contribution < 1.29 is 9.21 Å². The number of rotatable bonds is 2. The molecule has 0 atom stereocenters. The molecular formula is C20H20N4O2. The molecule has 0 unspecified atom stereocenters. The van der Waals surface area contributed by atoms with Crippen LogP contribution >= 0.6 is 0 Å². The van der Waals surface area contributed by atoms with Crippen LogP contribution in [0.5, 0.6) is 0 Å². The second-order valence-corrected chi connectivity index (χ2v) is 7.42. The summed E-state index contributed by atoms with van der Waals surface area (Å²) in [4.78, 5) is 17.0. The van der Waals surface area contributed by atoms with Crippen molar-refractivity contribution >= 4 is 33.7 Å². The lowest BCUT2D eigenvalue weighted by atomic mass is 9.86. The largest absolute Gasteiger partial charge is 0.459 e. The van der Waals surface area contributed by atoms with Crippen LogP contribution in [-0.2, 0) is 12.5 Å². The maximum absolute atomic E-state index is 12.3. The number of carbonyl (C=O) groups is 1. The molecule has 26 heavy (non-hydrogen) atoms. The lowest BCUT2D eigenvalue weighted by molar-refractivity contribution is 0.0996. The molecule has 0 spiro atoms. The number of hydrogen-bond acceptors (Lipinski definition) is 4. The maximum atomic E-state index is 12.3. The van der Waals surface area contributed by atoms with Crippen LogP contribution in [0.1, 0.15) is 36.9 Å². The van der Waals surface area contributed by atoms with E-state index < -0.39 is 0 Å². The van der Waals surface area contributed by atoms with Crippen LogP contribution in [-0.4, -0.2) is 20.7 Å². The highest BCUT2D eigenvalue weighted by Crippen LogP contribution is 2.29. The molecule has 0 saturated heterocycles. The molecule has 0 fully saturated rings. The monoisotopic (exact) mass is 348 g/mol. The lowest BCUT2D eigenvalue weighted by Crippen LogP contribution is -2.11. The molecule has 4 aromatic rings. The van der Waals surface area contributed by atoms with Crippen LogP contribution in [0.2, 0.25) is 0 Å². The van der Waals surface area contributed by atoms with Crippen LogP contribution in [0.15, 0.2) is 47.1 Å². The number of benzene rings is 1. The van der Waals surface area contributed by atoms with Crippen molar-refractivity contribution in [3.63, 3.8) is 0 Å². The summed E-state index contributed by atoms with van der Waals surface area (Å²) in [5.74, 6) is 0.378. The van der Waals surface area contributed by atoms with Crippen LogP contribution in [0.3, 0.4) is 0 Å². The van der Waals surface area contributed by atoms with Crippen molar-refractivity contribution in [1.29, 1.82) is 0 Å². The standard InChI is InChI=1S/C20H20N4O2/c1-20(2,3)13-8-7-12-10-14-17(22-19(25)16-6-5-9-26-16)23-24(4)18(14)21-15(12)11-13/h5-11H,1-4H3,(H,22,23,25). The minimum Gasteiger partial charge on any atom is -0.459 e. The fourth-order valence-corrected chi connectivity index (χ4v) is 2.96. The zero-order valence-corrected chi connectivity index (χ0v) is 15.2. The van der Waals surface area contributed by atoms with Gasteiger partial charge in [0.25, 0.3) is 5.91 Å². The van der Waals surface area contributed by atoms with E-state index in [4.69, 9.17) is 9.40 Å². The van der Waals surface area contributed by atoms with Crippen molar-refractivity contribution in [2.24, 2.45) is 7.05 Å². The molecule has 1 amide bonds. The summed E-state index contributed by atoms with van der Waals surface area (Å²) in [7, 11) is 1.82. The van der Waals surface area contributed by atoms with Crippen LogP contribution in [0.25, 0.3) is 21.9 Å². The first-order valence-corrected chi connectivity index (χ1v) is 8.46. The first-order valence-electron chi connectivity index (χ1n) is 8.46. The highest BCUT2D eigenvalue weighted by Gasteiger charge is 2.18. The van der Waals surface area contributed by atoms with Gasteiger partial charge in [-0.3, -0.25) is 4.79 Å². The summed E-state index contributed by atoms with van der Waals surface area (Å²) in [5, 5.41) is 9.02. The van der Waals surface area contributed by atoms with Gasteiger partial charge in [0.15, 0.2) is 17.2 Å². The van der Waals surface area contributed by atoms with Crippen molar-refractivity contribution in [1.82, 2.24) is 14.8 Å². The van der Waals surface area contributed by atoms with Crippen LogP contribution < -0.4 is 5.32 Å². The molecule has 6 heteroatoms. The van der Waals surface area contributed by atoms with Gasteiger partial charge in [-0.2, -0.15) is 5.10 Å². The average molecular weight is 348 g/mol. The molecular weight excluding hydrogens is 328 g/mol. The third kappa shape index (κ3) is 2.73. The van der Waals surface area contributed by atoms with E-state index in [-0.39, 0.29) is 17.1 Å². The van der Waals surface area contributed by atoms with Gasteiger partial charge >= 0.3 is 0 Å². The summed E-state index contributed by atoms with van der Waals surface area (Å²) in [6, 6.07) is 11.6. The molecule has 1 N–H and O–H groups in total. The third-order valence-corrected chi connectivity index (χ3v) is 4.45. The van der Waals surface area contributed by atoms with Gasteiger partial charge in [-0.05, 0) is 35.2 Å². The molecule has 6 nitrogen and oxygen atoms in total. The fraction of sp³-hybridized carbons (Fsp3) is 0.250. The highest BCUT2D eigenvalue weighted by atomic mass is 16.3. The van der Waals surface area contributed by atoms with Crippen LogP contribution in [0, 0.1) is 0 Å². The first kappa shape index (κ1) is 16.3. The van der Waals surface area contributed by atoms with Gasteiger partial charge < -0.3 is 9.73 Å². The molecule has 0 bridgehead atoms. The van der Waals surface area contributed by atoms with Crippen molar-refractivity contribution in [2.45, 2.75) is 26.2 Å². The van der Waals surface area contributed by atoms with E-state index in [1.54, 1.807) is 16.8 Å². The fourth-order valence-electron chi connectivity index (χ4n) is 2.96. The summed E-state index contributed by atoms with van der Waals surface area (Å²) in [6.07, 6.45) is 1.47. The summed E-state index contributed by atoms with van der Waals surface area (Å²) in [5.41, 5.74) is 2.92. The smallest absolute Gasteiger partial charge is 0.292 e. The molecule has 132 valence electrons. The number of aromatic nitrogens is 3. The Morgan fingerprint density at radius 1 is 1.19 bits per heavy atom.